The van der Waals surface area contributed by atoms with Gasteiger partial charge in [-0.1, -0.05) is 24.3 Å². The smallest absolute Gasteiger partial charge is 0.351 e. The third-order valence-electron chi connectivity index (χ3n) is 1.75. The third kappa shape index (κ3) is 2.33. The summed E-state index contributed by atoms with van der Waals surface area (Å²) in [6, 6.07) is 7.46. The van der Waals surface area contributed by atoms with E-state index in [-0.39, 0.29) is 5.70 Å². The van der Waals surface area contributed by atoms with Crippen molar-refractivity contribution >= 4 is 12.0 Å². The SMILES string of the molecule is Cc1ccccc1C=C(N)C(=O)O. The molecule has 0 fully saturated rings. The summed E-state index contributed by atoms with van der Waals surface area (Å²) in [7, 11) is 0. The topological polar surface area (TPSA) is 63.3 Å². The van der Waals surface area contributed by atoms with Gasteiger partial charge in [0.1, 0.15) is 5.70 Å². The van der Waals surface area contributed by atoms with Gasteiger partial charge in [-0.15, -0.1) is 0 Å². The van der Waals surface area contributed by atoms with Crippen molar-refractivity contribution in [2.45, 2.75) is 6.92 Å². The fourth-order valence-corrected chi connectivity index (χ4v) is 0.978. The van der Waals surface area contributed by atoms with Crippen LogP contribution in [0.5, 0.6) is 0 Å². The van der Waals surface area contributed by atoms with Gasteiger partial charge < -0.3 is 10.8 Å². The molecule has 0 aromatic heterocycles. The minimum atomic E-state index is -1.09. The van der Waals surface area contributed by atoms with E-state index in [2.05, 4.69) is 0 Å². The molecule has 13 heavy (non-hydrogen) atoms. The van der Waals surface area contributed by atoms with Gasteiger partial charge in [0, 0.05) is 0 Å². The molecule has 3 nitrogen and oxygen atoms in total. The van der Waals surface area contributed by atoms with Gasteiger partial charge in [-0.3, -0.25) is 0 Å². The molecule has 0 spiro atoms. The van der Waals surface area contributed by atoms with Crippen LogP contribution in [0.15, 0.2) is 30.0 Å². The first-order chi connectivity index (χ1) is 6.11. The lowest BCUT2D eigenvalue weighted by Gasteiger charge is -1.99. The van der Waals surface area contributed by atoms with Crippen molar-refractivity contribution in [2.75, 3.05) is 0 Å². The molecule has 1 aromatic carbocycles. The van der Waals surface area contributed by atoms with Gasteiger partial charge in [0.25, 0.3) is 0 Å². The Morgan fingerprint density at radius 3 is 2.62 bits per heavy atom. The minimum absolute atomic E-state index is 0.144. The van der Waals surface area contributed by atoms with E-state index in [0.29, 0.717) is 0 Å². The van der Waals surface area contributed by atoms with Crippen molar-refractivity contribution in [3.05, 3.63) is 41.1 Å². The summed E-state index contributed by atoms with van der Waals surface area (Å²) >= 11 is 0. The van der Waals surface area contributed by atoms with Crippen molar-refractivity contribution in [1.82, 2.24) is 0 Å². The van der Waals surface area contributed by atoms with Crippen molar-refractivity contribution < 1.29 is 9.90 Å². The summed E-state index contributed by atoms with van der Waals surface area (Å²) in [5.74, 6) is -1.09. The van der Waals surface area contributed by atoms with Crippen LogP contribution in [0.25, 0.3) is 6.08 Å². The summed E-state index contributed by atoms with van der Waals surface area (Å²) in [6.45, 7) is 1.90. The zero-order valence-corrected chi connectivity index (χ0v) is 7.32. The highest BCUT2D eigenvalue weighted by Gasteiger charge is 2.01. The fourth-order valence-electron chi connectivity index (χ4n) is 0.978. The predicted molar refractivity (Wildman–Crippen MR) is 51.0 cm³/mol. The first-order valence-corrected chi connectivity index (χ1v) is 3.87. The maximum Gasteiger partial charge on any atom is 0.351 e. The molecule has 68 valence electrons. The van der Waals surface area contributed by atoms with Gasteiger partial charge in [0.15, 0.2) is 0 Å². The maximum atomic E-state index is 10.4. The highest BCUT2D eigenvalue weighted by atomic mass is 16.4. The largest absolute Gasteiger partial charge is 0.477 e. The minimum Gasteiger partial charge on any atom is -0.477 e. The quantitative estimate of drug-likeness (QED) is 0.671. The van der Waals surface area contributed by atoms with Gasteiger partial charge in [0.2, 0.25) is 0 Å². The van der Waals surface area contributed by atoms with E-state index >= 15 is 0 Å². The Kier molecular flexibility index (Phi) is 2.69. The van der Waals surface area contributed by atoms with Crippen LogP contribution in [0.3, 0.4) is 0 Å². The second-order valence-electron chi connectivity index (χ2n) is 2.76. The molecule has 0 aliphatic rings. The summed E-state index contributed by atoms with van der Waals surface area (Å²) < 4.78 is 0. The van der Waals surface area contributed by atoms with E-state index in [1.165, 1.54) is 6.08 Å². The Bertz CT molecular complexity index is 356. The third-order valence-corrected chi connectivity index (χ3v) is 1.75. The maximum absolute atomic E-state index is 10.4. The lowest BCUT2D eigenvalue weighted by atomic mass is 10.1. The molecular formula is C10H11NO2. The molecule has 0 bridgehead atoms. The van der Waals surface area contributed by atoms with E-state index in [0.717, 1.165) is 11.1 Å². The van der Waals surface area contributed by atoms with Gasteiger partial charge in [-0.05, 0) is 24.1 Å². The van der Waals surface area contributed by atoms with Gasteiger partial charge in [-0.25, -0.2) is 4.79 Å². The average Bonchev–Trinajstić information content (AvgIpc) is 2.08. The summed E-state index contributed by atoms with van der Waals surface area (Å²) in [6.07, 6.45) is 1.46. The molecule has 0 aliphatic heterocycles. The van der Waals surface area contributed by atoms with Crippen LogP contribution in [0.2, 0.25) is 0 Å². The van der Waals surface area contributed by atoms with Gasteiger partial charge >= 0.3 is 5.97 Å². The monoisotopic (exact) mass is 177 g/mol. The molecule has 0 saturated heterocycles. The van der Waals surface area contributed by atoms with E-state index in [1.807, 2.05) is 31.2 Å². The number of benzene rings is 1. The highest BCUT2D eigenvalue weighted by molar-refractivity contribution is 5.91. The summed E-state index contributed by atoms with van der Waals surface area (Å²) in [4.78, 5) is 10.4. The number of rotatable bonds is 2. The van der Waals surface area contributed by atoms with Crippen LogP contribution in [0.1, 0.15) is 11.1 Å². The van der Waals surface area contributed by atoms with Crippen LogP contribution in [-0.2, 0) is 4.79 Å². The standard InChI is InChI=1S/C10H11NO2/c1-7-4-2-3-5-8(7)6-9(11)10(12)13/h2-6H,11H2,1H3,(H,12,13). The Morgan fingerprint density at radius 2 is 2.08 bits per heavy atom. The van der Waals surface area contributed by atoms with Crippen LogP contribution in [0.4, 0.5) is 0 Å². The number of carboxylic acids is 1. The molecule has 3 N–H and O–H groups in total. The zero-order valence-electron chi connectivity index (χ0n) is 7.32. The highest BCUT2D eigenvalue weighted by Crippen LogP contribution is 2.09. The normalized spacial score (nSPS) is 11.3. The van der Waals surface area contributed by atoms with E-state index in [1.54, 1.807) is 0 Å². The summed E-state index contributed by atoms with van der Waals surface area (Å²) in [5.41, 5.74) is 6.98. The number of aryl methyl sites for hydroxylation is 1. The van der Waals surface area contributed by atoms with Gasteiger partial charge in [-0.2, -0.15) is 0 Å². The average molecular weight is 177 g/mol. The van der Waals surface area contributed by atoms with Crippen LogP contribution in [-0.4, -0.2) is 11.1 Å². The second-order valence-corrected chi connectivity index (χ2v) is 2.76. The lowest BCUT2D eigenvalue weighted by molar-refractivity contribution is -0.132. The Morgan fingerprint density at radius 1 is 1.46 bits per heavy atom. The Hall–Kier alpha value is -1.77. The molecule has 0 atom stereocenters. The number of hydrogen-bond donors (Lipinski definition) is 2. The molecule has 0 saturated carbocycles. The number of hydrogen-bond acceptors (Lipinski definition) is 2. The van der Waals surface area contributed by atoms with Crippen molar-refractivity contribution in [3.8, 4) is 0 Å². The Labute approximate surface area is 76.5 Å². The Balaban J connectivity index is 3.04. The molecule has 0 radical (unpaired) electrons. The molecule has 0 aliphatic carbocycles. The number of nitrogens with two attached hydrogens (primary N) is 1. The molecule has 0 heterocycles. The number of carboxylic acid groups (broad SMARTS) is 1. The van der Waals surface area contributed by atoms with E-state index in [9.17, 15) is 4.79 Å². The number of carbonyl (C=O) groups is 1. The van der Waals surface area contributed by atoms with Gasteiger partial charge in [0.05, 0.1) is 0 Å². The molecular weight excluding hydrogens is 166 g/mol. The number of aliphatic carboxylic acids is 1. The van der Waals surface area contributed by atoms with Crippen molar-refractivity contribution in [3.63, 3.8) is 0 Å². The van der Waals surface area contributed by atoms with Crippen molar-refractivity contribution in [2.24, 2.45) is 5.73 Å². The van der Waals surface area contributed by atoms with Crippen LogP contribution >= 0.6 is 0 Å². The van der Waals surface area contributed by atoms with E-state index in [4.69, 9.17) is 10.8 Å². The fraction of sp³-hybridized carbons (Fsp3) is 0.100. The molecule has 0 unspecified atom stereocenters. The first-order valence-electron chi connectivity index (χ1n) is 3.87. The molecule has 3 heteroatoms. The first kappa shape index (κ1) is 9.32. The molecule has 0 amide bonds. The van der Waals surface area contributed by atoms with Crippen LogP contribution in [0, 0.1) is 6.92 Å². The van der Waals surface area contributed by atoms with E-state index < -0.39 is 5.97 Å². The molecule has 1 aromatic rings. The van der Waals surface area contributed by atoms with Crippen molar-refractivity contribution in [1.29, 1.82) is 0 Å². The second kappa shape index (κ2) is 3.76. The van der Waals surface area contributed by atoms with Crippen LogP contribution < -0.4 is 5.73 Å². The zero-order chi connectivity index (χ0) is 9.84. The predicted octanol–water partition coefficient (Wildman–Crippen LogP) is 1.38. The molecule has 1 rings (SSSR count). The lowest BCUT2D eigenvalue weighted by Crippen LogP contribution is -2.09. The summed E-state index contributed by atoms with van der Waals surface area (Å²) in [5, 5.41) is 8.54.